The van der Waals surface area contributed by atoms with Crippen LogP contribution in [0, 0.1) is 24.7 Å². The molecule has 1 aliphatic heterocycles. The van der Waals surface area contributed by atoms with Crippen LogP contribution in [-0.4, -0.2) is 57.2 Å². The van der Waals surface area contributed by atoms with E-state index in [2.05, 4.69) is 42.6 Å². The van der Waals surface area contributed by atoms with Crippen molar-refractivity contribution in [1.82, 2.24) is 30.4 Å². The molecule has 2 aromatic heterocycles. The summed E-state index contributed by atoms with van der Waals surface area (Å²) in [4.78, 5) is 23.0. The van der Waals surface area contributed by atoms with Crippen LogP contribution < -0.4 is 10.6 Å². The number of carbonyl (C=O) groups is 1. The number of halogens is 4. The van der Waals surface area contributed by atoms with Crippen LogP contribution in [0.5, 0.6) is 0 Å². The van der Waals surface area contributed by atoms with Gasteiger partial charge in [0.1, 0.15) is 5.69 Å². The average Bonchev–Trinajstić information content (AvgIpc) is 3.29. The molecule has 0 spiro atoms. The van der Waals surface area contributed by atoms with Crippen molar-refractivity contribution in [2.75, 3.05) is 31.5 Å². The van der Waals surface area contributed by atoms with Crippen LogP contribution in [0.4, 0.5) is 23.2 Å². The number of nitrogens with one attached hydrogen (secondary N) is 3. The molecular formula is C27H23F4N7O. The minimum atomic E-state index is -4.57. The summed E-state index contributed by atoms with van der Waals surface area (Å²) in [5.74, 6) is 4.39. The summed E-state index contributed by atoms with van der Waals surface area (Å²) in [7, 11) is 0. The summed E-state index contributed by atoms with van der Waals surface area (Å²) in [5.41, 5.74) is 1.19. The van der Waals surface area contributed by atoms with Gasteiger partial charge in [-0.05, 0) is 48.2 Å². The third kappa shape index (κ3) is 6.05. The number of amides is 1. The lowest BCUT2D eigenvalue weighted by Gasteiger charge is -2.28. The number of nitrogens with zero attached hydrogens (tertiary/aromatic N) is 4. The molecule has 39 heavy (non-hydrogen) atoms. The molecule has 4 aromatic rings. The number of hydrogen-bond acceptors (Lipinski definition) is 6. The monoisotopic (exact) mass is 537 g/mol. The highest BCUT2D eigenvalue weighted by Crippen LogP contribution is 2.34. The SMILES string of the molecule is Cc1ccc(C(=O)Nc2ccc(CN3CCNCC3)c(C(F)(F)F)c2)cc1C#Cc1cnc2n[nH]c(F)c2n1. The molecule has 0 saturated carbocycles. The first-order valence-corrected chi connectivity index (χ1v) is 12.1. The molecule has 1 fully saturated rings. The molecule has 1 amide bonds. The molecule has 1 aliphatic rings. The fourth-order valence-electron chi connectivity index (χ4n) is 4.23. The molecule has 12 heteroatoms. The van der Waals surface area contributed by atoms with Crippen molar-refractivity contribution in [2.45, 2.75) is 19.6 Å². The highest BCUT2D eigenvalue weighted by molar-refractivity contribution is 6.04. The molecule has 3 N–H and O–H groups in total. The van der Waals surface area contributed by atoms with Crippen molar-refractivity contribution in [3.63, 3.8) is 0 Å². The lowest BCUT2D eigenvalue weighted by molar-refractivity contribution is -0.138. The van der Waals surface area contributed by atoms with E-state index in [1.165, 1.54) is 24.4 Å². The van der Waals surface area contributed by atoms with Crippen LogP contribution in [-0.2, 0) is 12.7 Å². The third-order valence-electron chi connectivity index (χ3n) is 6.32. The number of piperazine rings is 1. The Morgan fingerprint density at radius 3 is 2.69 bits per heavy atom. The normalized spacial score (nSPS) is 14.2. The first-order valence-electron chi connectivity index (χ1n) is 12.1. The van der Waals surface area contributed by atoms with Gasteiger partial charge in [0, 0.05) is 49.5 Å². The quantitative estimate of drug-likeness (QED) is 0.270. The van der Waals surface area contributed by atoms with E-state index in [9.17, 15) is 22.4 Å². The van der Waals surface area contributed by atoms with Gasteiger partial charge in [-0.25, -0.2) is 15.1 Å². The van der Waals surface area contributed by atoms with Crippen molar-refractivity contribution < 1.29 is 22.4 Å². The second-order valence-corrected chi connectivity index (χ2v) is 9.09. The molecule has 5 rings (SSSR count). The van der Waals surface area contributed by atoms with Gasteiger partial charge in [-0.1, -0.05) is 18.1 Å². The molecule has 0 atom stereocenters. The first-order chi connectivity index (χ1) is 18.7. The lowest BCUT2D eigenvalue weighted by Crippen LogP contribution is -2.43. The van der Waals surface area contributed by atoms with E-state index >= 15 is 0 Å². The van der Waals surface area contributed by atoms with Crippen LogP contribution in [0.1, 0.15) is 38.3 Å². The van der Waals surface area contributed by atoms with Crippen LogP contribution in [0.2, 0.25) is 0 Å². The molecule has 1 saturated heterocycles. The number of carbonyl (C=O) groups excluding carboxylic acids is 1. The van der Waals surface area contributed by atoms with E-state index in [0.717, 1.165) is 24.7 Å². The third-order valence-corrected chi connectivity index (χ3v) is 6.32. The molecule has 0 aliphatic carbocycles. The Hall–Kier alpha value is -4.34. The van der Waals surface area contributed by atoms with Gasteiger partial charge in [0.15, 0.2) is 5.52 Å². The molecule has 0 bridgehead atoms. The number of aromatic nitrogens is 4. The van der Waals surface area contributed by atoms with Crippen molar-refractivity contribution in [1.29, 1.82) is 0 Å². The second kappa shape index (κ2) is 10.8. The summed E-state index contributed by atoms with van der Waals surface area (Å²) in [6.45, 7) is 4.75. The van der Waals surface area contributed by atoms with E-state index in [1.807, 2.05) is 4.90 Å². The zero-order valence-electron chi connectivity index (χ0n) is 20.8. The molecule has 0 radical (unpaired) electrons. The van der Waals surface area contributed by atoms with Gasteiger partial charge in [-0.2, -0.15) is 22.7 Å². The Labute approximate surface area is 220 Å². The van der Waals surface area contributed by atoms with Gasteiger partial charge in [0.05, 0.1) is 11.8 Å². The van der Waals surface area contributed by atoms with Crippen LogP contribution in [0.15, 0.2) is 42.6 Å². The van der Waals surface area contributed by atoms with E-state index in [0.29, 0.717) is 18.7 Å². The molecule has 0 unspecified atom stereocenters. The lowest BCUT2D eigenvalue weighted by atomic mass is 10.0. The Morgan fingerprint density at radius 2 is 1.92 bits per heavy atom. The Balaban J connectivity index is 1.35. The zero-order valence-corrected chi connectivity index (χ0v) is 20.8. The number of aryl methyl sites for hydroxylation is 1. The van der Waals surface area contributed by atoms with Crippen molar-refractivity contribution in [3.8, 4) is 11.8 Å². The minimum Gasteiger partial charge on any atom is -0.322 e. The summed E-state index contributed by atoms with van der Waals surface area (Å²) in [6.07, 6.45) is -3.21. The molecule has 2 aromatic carbocycles. The van der Waals surface area contributed by atoms with E-state index in [1.54, 1.807) is 19.1 Å². The van der Waals surface area contributed by atoms with Gasteiger partial charge in [0.2, 0.25) is 11.6 Å². The number of hydrogen-bond donors (Lipinski definition) is 3. The number of aromatic amines is 1. The largest absolute Gasteiger partial charge is 0.416 e. The van der Waals surface area contributed by atoms with Crippen molar-refractivity contribution in [2.24, 2.45) is 0 Å². The van der Waals surface area contributed by atoms with Gasteiger partial charge in [0.25, 0.3) is 5.91 Å². The molecule has 200 valence electrons. The minimum absolute atomic E-state index is 0.0373. The standard InChI is InChI=1S/C27H23F4N7O/c1-16-2-3-18(12-17(16)4-7-21-14-33-25-23(34-21)24(28)36-37-25)26(39)35-20-6-5-19(22(13-20)27(29,30)31)15-38-10-8-32-9-11-38/h2-3,5-6,12-14,32H,8-11,15H2,1H3,(H,35,39)(H,33,36,37). The smallest absolute Gasteiger partial charge is 0.322 e. The maximum Gasteiger partial charge on any atom is 0.416 e. The number of fused-ring (bicyclic) bond motifs is 1. The molecular weight excluding hydrogens is 514 g/mol. The maximum absolute atomic E-state index is 13.9. The van der Waals surface area contributed by atoms with E-state index in [-0.39, 0.29) is 40.2 Å². The van der Waals surface area contributed by atoms with E-state index in [4.69, 9.17) is 0 Å². The van der Waals surface area contributed by atoms with Crippen molar-refractivity contribution >= 4 is 22.8 Å². The first kappa shape index (κ1) is 26.3. The van der Waals surface area contributed by atoms with E-state index < -0.39 is 23.6 Å². The van der Waals surface area contributed by atoms with Crippen molar-refractivity contribution in [3.05, 3.63) is 82.1 Å². The average molecular weight is 538 g/mol. The maximum atomic E-state index is 13.9. The fraction of sp³-hybridized carbons (Fsp3) is 0.259. The summed E-state index contributed by atoms with van der Waals surface area (Å²) >= 11 is 0. The molecule has 3 heterocycles. The Morgan fingerprint density at radius 1 is 1.13 bits per heavy atom. The number of rotatable bonds is 4. The number of alkyl halides is 3. The van der Waals surface area contributed by atoms with Crippen LogP contribution in [0.3, 0.4) is 0 Å². The summed E-state index contributed by atoms with van der Waals surface area (Å²) in [6, 6.07) is 8.63. The number of benzene rings is 2. The van der Waals surface area contributed by atoms with Gasteiger partial charge < -0.3 is 10.6 Å². The predicted octanol–water partition coefficient (Wildman–Crippen LogP) is 3.88. The Bertz CT molecular complexity index is 1600. The Kier molecular flexibility index (Phi) is 7.28. The zero-order chi connectivity index (χ0) is 27.6. The summed E-state index contributed by atoms with van der Waals surface area (Å²) < 4.78 is 55.3. The highest BCUT2D eigenvalue weighted by Gasteiger charge is 2.34. The topological polar surface area (TPSA) is 98.8 Å². The summed E-state index contributed by atoms with van der Waals surface area (Å²) in [5, 5.41) is 11.6. The van der Waals surface area contributed by atoms with Gasteiger partial charge >= 0.3 is 6.18 Å². The van der Waals surface area contributed by atoms with Crippen LogP contribution >= 0.6 is 0 Å². The highest BCUT2D eigenvalue weighted by atomic mass is 19.4. The van der Waals surface area contributed by atoms with Gasteiger partial charge in [-0.15, -0.1) is 0 Å². The predicted molar refractivity (Wildman–Crippen MR) is 136 cm³/mol. The number of H-pyrrole nitrogens is 1. The second-order valence-electron chi connectivity index (χ2n) is 9.09. The van der Waals surface area contributed by atoms with Gasteiger partial charge in [-0.3, -0.25) is 9.69 Å². The number of anilines is 1. The fourth-order valence-corrected chi connectivity index (χ4v) is 4.23. The van der Waals surface area contributed by atoms with Crippen LogP contribution in [0.25, 0.3) is 11.2 Å². The molecule has 8 nitrogen and oxygen atoms in total.